The maximum atomic E-state index is 12.8. The van der Waals surface area contributed by atoms with Gasteiger partial charge in [-0.3, -0.25) is 4.79 Å². The number of sulfone groups is 1. The summed E-state index contributed by atoms with van der Waals surface area (Å²) in [6, 6.07) is 0.986. The van der Waals surface area contributed by atoms with E-state index < -0.39 is 42.6 Å². The number of rotatable bonds is 8. The lowest BCUT2D eigenvalue weighted by molar-refractivity contribution is -0.152. The van der Waals surface area contributed by atoms with E-state index in [-0.39, 0.29) is 19.9 Å². The van der Waals surface area contributed by atoms with Crippen LogP contribution in [0.3, 0.4) is 0 Å². The SMILES string of the molecule is CCN[C@H]1C[C@H](C)S(=O)(=O)c2sc(S(=O)(=O)NC(=O)/C=C\C(=O)OC(C)(C)CC(C)(C)C)cc21. The van der Waals surface area contributed by atoms with Crippen LogP contribution in [0.1, 0.15) is 72.9 Å². The lowest BCUT2D eigenvalue weighted by atomic mass is 9.84. The van der Waals surface area contributed by atoms with Crippen molar-refractivity contribution in [2.24, 2.45) is 5.41 Å². The van der Waals surface area contributed by atoms with Crippen LogP contribution in [0, 0.1) is 5.41 Å². The summed E-state index contributed by atoms with van der Waals surface area (Å²) < 4.78 is 57.9. The minimum Gasteiger partial charge on any atom is -0.456 e. The summed E-state index contributed by atoms with van der Waals surface area (Å²) in [7, 11) is -8.01. The molecule has 34 heavy (non-hydrogen) atoms. The normalized spacial score (nSPS) is 20.7. The Bertz CT molecular complexity index is 1170. The molecule has 192 valence electrons. The lowest BCUT2D eigenvalue weighted by Crippen LogP contribution is -2.33. The Balaban J connectivity index is 2.17. The molecule has 0 bridgehead atoms. The van der Waals surface area contributed by atoms with Gasteiger partial charge in [0.25, 0.3) is 15.9 Å². The number of nitrogens with one attached hydrogen (secondary N) is 2. The number of ether oxygens (including phenoxy) is 1. The predicted molar refractivity (Wildman–Crippen MR) is 131 cm³/mol. The van der Waals surface area contributed by atoms with Crippen molar-refractivity contribution >= 4 is 43.1 Å². The van der Waals surface area contributed by atoms with Gasteiger partial charge in [0.05, 0.1) is 5.25 Å². The summed E-state index contributed by atoms with van der Waals surface area (Å²) in [4.78, 5) is 24.3. The highest BCUT2D eigenvalue weighted by molar-refractivity contribution is 7.95. The number of fused-ring (bicyclic) bond motifs is 1. The Morgan fingerprint density at radius 3 is 2.38 bits per heavy atom. The minimum atomic E-state index is -4.34. The molecule has 0 spiro atoms. The summed E-state index contributed by atoms with van der Waals surface area (Å²) in [6.07, 6.45) is 2.55. The molecule has 0 unspecified atom stereocenters. The van der Waals surface area contributed by atoms with E-state index in [0.29, 0.717) is 36.3 Å². The van der Waals surface area contributed by atoms with Crippen molar-refractivity contribution in [2.75, 3.05) is 6.54 Å². The van der Waals surface area contributed by atoms with Crippen LogP contribution >= 0.6 is 11.3 Å². The molecule has 0 radical (unpaired) electrons. The summed E-state index contributed by atoms with van der Waals surface area (Å²) in [5.74, 6) is -1.82. The van der Waals surface area contributed by atoms with Crippen molar-refractivity contribution < 1.29 is 31.2 Å². The molecule has 2 rings (SSSR count). The van der Waals surface area contributed by atoms with Crippen LogP contribution in [-0.2, 0) is 34.2 Å². The lowest BCUT2D eigenvalue weighted by Gasteiger charge is -2.31. The van der Waals surface area contributed by atoms with E-state index in [0.717, 1.165) is 12.2 Å². The van der Waals surface area contributed by atoms with E-state index in [9.17, 15) is 26.4 Å². The maximum Gasteiger partial charge on any atom is 0.331 e. The summed E-state index contributed by atoms with van der Waals surface area (Å²) in [5, 5.41) is 2.51. The third kappa shape index (κ3) is 7.12. The molecule has 9 nitrogen and oxygen atoms in total. The number of sulfonamides is 1. The van der Waals surface area contributed by atoms with Crippen LogP contribution in [0.5, 0.6) is 0 Å². The second-order valence-electron chi connectivity index (χ2n) is 10.2. The third-order valence-corrected chi connectivity index (χ3v) is 10.8. The number of esters is 1. The Morgan fingerprint density at radius 1 is 1.21 bits per heavy atom. The van der Waals surface area contributed by atoms with Crippen LogP contribution in [-0.4, -0.2) is 46.1 Å². The maximum absolute atomic E-state index is 12.8. The first-order valence-electron chi connectivity index (χ1n) is 11.0. The molecular weight excluding hydrogens is 500 g/mol. The topological polar surface area (TPSA) is 136 Å². The van der Waals surface area contributed by atoms with Gasteiger partial charge >= 0.3 is 5.97 Å². The highest BCUT2D eigenvalue weighted by Crippen LogP contribution is 2.42. The van der Waals surface area contributed by atoms with Gasteiger partial charge < -0.3 is 10.1 Å². The Kier molecular flexibility index (Phi) is 8.44. The molecule has 0 fully saturated rings. The standard InChI is InChI=1S/C22H34N2O7S3/c1-8-23-16-11-14(2)33(27,28)20-15(16)12-19(32-20)34(29,30)24-17(25)9-10-18(26)31-22(6,7)13-21(3,4)5/h9-10,12,14,16,23H,8,11,13H2,1-7H3,(H,24,25)/b10-9-/t14-,16-/m0/s1. The fraction of sp³-hybridized carbons (Fsp3) is 0.636. The second-order valence-corrected chi connectivity index (χ2v) is 15.8. The smallest absolute Gasteiger partial charge is 0.331 e. The molecule has 2 heterocycles. The van der Waals surface area contributed by atoms with Crippen molar-refractivity contribution in [3.63, 3.8) is 0 Å². The van der Waals surface area contributed by atoms with Gasteiger partial charge in [-0.25, -0.2) is 26.4 Å². The molecule has 1 amide bonds. The van der Waals surface area contributed by atoms with Crippen LogP contribution < -0.4 is 10.0 Å². The zero-order chi connectivity index (χ0) is 26.1. The molecule has 0 aromatic carbocycles. The first-order chi connectivity index (χ1) is 15.4. The second kappa shape index (κ2) is 10.1. The molecule has 2 atom stereocenters. The van der Waals surface area contributed by atoms with Gasteiger partial charge in [0, 0.05) is 23.8 Å². The number of hydrogen-bond acceptors (Lipinski definition) is 9. The van der Waals surface area contributed by atoms with E-state index in [1.54, 1.807) is 20.8 Å². The molecular formula is C22H34N2O7S3. The van der Waals surface area contributed by atoms with Crippen molar-refractivity contribution in [2.45, 2.75) is 86.6 Å². The third-order valence-electron chi connectivity index (χ3n) is 5.09. The molecule has 1 aliphatic heterocycles. The summed E-state index contributed by atoms with van der Waals surface area (Å²) in [6.45, 7) is 13.6. The monoisotopic (exact) mass is 534 g/mol. The number of carbonyl (C=O) groups is 2. The van der Waals surface area contributed by atoms with Gasteiger partial charge in [0.15, 0.2) is 9.84 Å². The average Bonchev–Trinajstić information content (AvgIpc) is 3.10. The molecule has 2 N–H and O–H groups in total. The number of amides is 1. The zero-order valence-corrected chi connectivity index (χ0v) is 23.0. The highest BCUT2D eigenvalue weighted by atomic mass is 32.3. The Hall–Kier alpha value is -1.76. The quantitative estimate of drug-likeness (QED) is 0.384. The molecule has 1 aliphatic rings. The van der Waals surface area contributed by atoms with Crippen molar-refractivity contribution in [1.29, 1.82) is 0 Å². The zero-order valence-electron chi connectivity index (χ0n) is 20.6. The summed E-state index contributed by atoms with van der Waals surface area (Å²) in [5.41, 5.74) is -0.474. The fourth-order valence-electron chi connectivity index (χ4n) is 4.15. The fourth-order valence-corrected chi connectivity index (χ4v) is 9.09. The van der Waals surface area contributed by atoms with E-state index in [1.807, 2.05) is 32.4 Å². The average molecular weight is 535 g/mol. The first kappa shape index (κ1) is 28.5. The van der Waals surface area contributed by atoms with Gasteiger partial charge in [-0.15, -0.1) is 11.3 Å². The van der Waals surface area contributed by atoms with Gasteiger partial charge in [-0.2, -0.15) is 0 Å². The van der Waals surface area contributed by atoms with Crippen LogP contribution in [0.15, 0.2) is 26.6 Å². The highest BCUT2D eigenvalue weighted by Gasteiger charge is 2.39. The molecule has 0 saturated heterocycles. The van der Waals surface area contributed by atoms with E-state index in [1.165, 1.54) is 6.07 Å². The van der Waals surface area contributed by atoms with Crippen LogP contribution in [0.25, 0.3) is 0 Å². The number of hydrogen-bond donors (Lipinski definition) is 2. The van der Waals surface area contributed by atoms with Crippen LogP contribution in [0.4, 0.5) is 0 Å². The first-order valence-corrected chi connectivity index (χ1v) is 14.8. The van der Waals surface area contributed by atoms with E-state index in [2.05, 4.69) is 5.32 Å². The van der Waals surface area contributed by atoms with Crippen LogP contribution in [0.2, 0.25) is 0 Å². The number of thiophene rings is 1. The van der Waals surface area contributed by atoms with Gasteiger partial charge in [0.1, 0.15) is 14.0 Å². The number of carbonyl (C=O) groups excluding carboxylic acids is 2. The van der Waals surface area contributed by atoms with Gasteiger partial charge in [0.2, 0.25) is 0 Å². The van der Waals surface area contributed by atoms with Crippen molar-refractivity contribution in [1.82, 2.24) is 10.0 Å². The minimum absolute atomic E-state index is 0.00905. The van der Waals surface area contributed by atoms with Gasteiger partial charge in [-0.1, -0.05) is 27.7 Å². The van der Waals surface area contributed by atoms with Crippen molar-refractivity contribution in [3.05, 3.63) is 23.8 Å². The molecule has 1 aromatic rings. The Labute approximate surface area is 206 Å². The van der Waals surface area contributed by atoms with Crippen molar-refractivity contribution in [3.8, 4) is 0 Å². The Morgan fingerprint density at radius 2 is 1.82 bits per heavy atom. The predicted octanol–water partition coefficient (Wildman–Crippen LogP) is 3.08. The summed E-state index contributed by atoms with van der Waals surface area (Å²) >= 11 is 0.616. The van der Waals surface area contributed by atoms with Gasteiger partial charge in [-0.05, 0) is 51.6 Å². The molecule has 0 saturated carbocycles. The molecule has 1 aromatic heterocycles. The molecule has 12 heteroatoms. The van der Waals surface area contributed by atoms with E-state index in [4.69, 9.17) is 4.74 Å². The molecule has 0 aliphatic carbocycles. The largest absolute Gasteiger partial charge is 0.456 e. The van der Waals surface area contributed by atoms with E-state index >= 15 is 0 Å².